The molecular weight excluding hydrogens is 487 g/mol. The largest absolute Gasteiger partial charge is 0.379 e. The van der Waals surface area contributed by atoms with Crippen molar-refractivity contribution < 1.29 is 4.74 Å². The number of hydrogen-bond donors (Lipinski definition) is 2. The molecule has 3 rings (SSSR count). The van der Waals surface area contributed by atoms with Crippen LogP contribution in [0.2, 0.25) is 0 Å². The smallest absolute Gasteiger partial charge is 0.193 e. The average Bonchev–Trinajstić information content (AvgIpc) is 3.30. The topological polar surface area (TPSA) is 66.2 Å². The minimum atomic E-state index is 0. The van der Waals surface area contributed by atoms with Crippen LogP contribution >= 0.6 is 35.3 Å². The predicted molar refractivity (Wildman–Crippen MR) is 127 cm³/mol. The Balaban J connectivity index is 0.00000280. The molecule has 0 spiro atoms. The Hall–Kier alpha value is -0.910. The van der Waals surface area contributed by atoms with Crippen molar-refractivity contribution in [3.8, 4) is 0 Å². The van der Waals surface area contributed by atoms with E-state index >= 15 is 0 Å². The number of ether oxygens (including phenoxy) is 1. The monoisotopic (exact) mass is 520 g/mol. The highest BCUT2D eigenvalue weighted by molar-refractivity contribution is 14.0. The van der Waals surface area contributed by atoms with Gasteiger partial charge in [-0.2, -0.15) is 0 Å². The van der Waals surface area contributed by atoms with E-state index in [0.29, 0.717) is 18.5 Å². The van der Waals surface area contributed by atoms with Crippen molar-refractivity contribution in [1.29, 1.82) is 0 Å². The first-order valence-electron chi connectivity index (χ1n) is 9.92. The molecule has 1 atom stereocenters. The Morgan fingerprint density at radius 3 is 2.68 bits per heavy atom. The fourth-order valence-corrected chi connectivity index (χ4v) is 4.51. The van der Waals surface area contributed by atoms with Gasteiger partial charge in [-0.05, 0) is 5.92 Å². The van der Waals surface area contributed by atoms with E-state index in [1.807, 2.05) is 18.6 Å². The summed E-state index contributed by atoms with van der Waals surface area (Å²) < 4.78 is 7.60. The first-order chi connectivity index (χ1) is 13.2. The van der Waals surface area contributed by atoms with E-state index in [1.54, 1.807) is 11.3 Å². The Labute approximate surface area is 189 Å². The molecule has 1 fully saturated rings. The van der Waals surface area contributed by atoms with Gasteiger partial charge in [-0.25, -0.2) is 4.98 Å². The van der Waals surface area contributed by atoms with Crippen molar-refractivity contribution in [3.63, 3.8) is 0 Å². The molecule has 0 aromatic carbocycles. The van der Waals surface area contributed by atoms with Crippen LogP contribution in [0.15, 0.2) is 22.8 Å². The van der Waals surface area contributed by atoms with Crippen molar-refractivity contribution >= 4 is 46.2 Å². The van der Waals surface area contributed by atoms with Crippen LogP contribution in [0.3, 0.4) is 0 Å². The number of hydrogen-bond acceptors (Lipinski definition) is 5. The number of fused-ring (bicyclic) bond motifs is 1. The van der Waals surface area contributed by atoms with Gasteiger partial charge in [-0.1, -0.05) is 26.7 Å². The first-order valence-corrected chi connectivity index (χ1v) is 10.8. The lowest BCUT2D eigenvalue weighted by atomic mass is 9.92. The maximum Gasteiger partial charge on any atom is 0.193 e. The van der Waals surface area contributed by atoms with Gasteiger partial charge in [-0.3, -0.25) is 14.3 Å². The zero-order valence-corrected chi connectivity index (χ0v) is 20.2. The van der Waals surface area contributed by atoms with Gasteiger partial charge in [0.15, 0.2) is 10.9 Å². The fraction of sp³-hybridized carbons (Fsp3) is 0.684. The summed E-state index contributed by atoms with van der Waals surface area (Å²) in [6.45, 7) is 9.84. The van der Waals surface area contributed by atoms with Crippen LogP contribution in [0.5, 0.6) is 0 Å². The van der Waals surface area contributed by atoms with Crippen LogP contribution < -0.4 is 10.6 Å². The summed E-state index contributed by atoms with van der Waals surface area (Å²) >= 11 is 1.65. The summed E-state index contributed by atoms with van der Waals surface area (Å²) in [5.41, 5.74) is 1.02. The molecule has 0 amide bonds. The van der Waals surface area contributed by atoms with Crippen LogP contribution in [0.25, 0.3) is 4.96 Å². The van der Waals surface area contributed by atoms with Gasteiger partial charge in [0.1, 0.15) is 0 Å². The first kappa shape index (κ1) is 23.4. The fourth-order valence-electron chi connectivity index (χ4n) is 3.79. The highest BCUT2D eigenvalue weighted by atomic mass is 127. The number of guanidine groups is 1. The molecule has 2 N–H and O–H groups in total. The number of halogens is 1. The van der Waals surface area contributed by atoms with E-state index in [9.17, 15) is 0 Å². The molecule has 9 heteroatoms. The van der Waals surface area contributed by atoms with E-state index in [2.05, 4.69) is 50.0 Å². The number of nitrogens with one attached hydrogen (secondary N) is 2. The summed E-state index contributed by atoms with van der Waals surface area (Å²) in [4.78, 5) is 12.6. The number of aliphatic imine (C=N–C) groups is 1. The van der Waals surface area contributed by atoms with Crippen LogP contribution in [0.4, 0.5) is 0 Å². The lowest BCUT2D eigenvalue weighted by molar-refractivity contribution is 0.00272. The number of aromatic nitrogens is 2. The molecule has 0 saturated carbocycles. The van der Waals surface area contributed by atoms with Gasteiger partial charge in [0.2, 0.25) is 0 Å². The SMILES string of the molecule is CCC(CC)C(CNC(=NC)NCc1cn2ccsc2n1)N1CCOCC1.I. The molecule has 158 valence electrons. The summed E-state index contributed by atoms with van der Waals surface area (Å²) in [5.74, 6) is 1.50. The zero-order chi connectivity index (χ0) is 19.1. The molecule has 0 radical (unpaired) electrons. The molecule has 2 aromatic rings. The highest BCUT2D eigenvalue weighted by Gasteiger charge is 2.27. The third-order valence-corrected chi connectivity index (χ3v) is 6.16. The van der Waals surface area contributed by atoms with Crippen molar-refractivity contribution in [2.45, 2.75) is 39.3 Å². The summed E-state index contributed by atoms with van der Waals surface area (Å²) in [7, 11) is 1.82. The van der Waals surface area contributed by atoms with E-state index in [1.165, 1.54) is 12.8 Å². The molecule has 3 heterocycles. The van der Waals surface area contributed by atoms with Gasteiger partial charge in [-0.15, -0.1) is 35.3 Å². The van der Waals surface area contributed by atoms with Gasteiger partial charge in [0, 0.05) is 50.5 Å². The Kier molecular flexibility index (Phi) is 9.96. The number of morpholine rings is 1. The van der Waals surface area contributed by atoms with Crippen LogP contribution in [0, 0.1) is 5.92 Å². The van der Waals surface area contributed by atoms with Gasteiger partial charge >= 0.3 is 0 Å². The molecule has 28 heavy (non-hydrogen) atoms. The molecule has 0 aliphatic carbocycles. The van der Waals surface area contributed by atoms with E-state index in [-0.39, 0.29) is 24.0 Å². The van der Waals surface area contributed by atoms with Crippen molar-refractivity contribution in [3.05, 3.63) is 23.5 Å². The number of rotatable bonds is 8. The second-order valence-electron chi connectivity index (χ2n) is 6.92. The molecule has 1 unspecified atom stereocenters. The molecule has 0 bridgehead atoms. The minimum absolute atomic E-state index is 0. The van der Waals surface area contributed by atoms with Gasteiger partial charge in [0.05, 0.1) is 25.5 Å². The normalized spacial score (nSPS) is 16.9. The molecule has 1 aliphatic rings. The second kappa shape index (κ2) is 11.9. The Morgan fingerprint density at radius 1 is 1.29 bits per heavy atom. The van der Waals surface area contributed by atoms with Gasteiger partial charge < -0.3 is 15.4 Å². The molecule has 7 nitrogen and oxygen atoms in total. The lowest BCUT2D eigenvalue weighted by Gasteiger charge is -2.39. The number of thiazole rings is 1. The minimum Gasteiger partial charge on any atom is -0.379 e. The maximum atomic E-state index is 5.54. The predicted octanol–water partition coefficient (Wildman–Crippen LogP) is 2.82. The van der Waals surface area contributed by atoms with Crippen LogP contribution in [-0.2, 0) is 11.3 Å². The van der Waals surface area contributed by atoms with Crippen LogP contribution in [0.1, 0.15) is 32.4 Å². The molecule has 2 aromatic heterocycles. The molecule has 1 aliphatic heterocycles. The quantitative estimate of drug-likeness (QED) is 0.319. The lowest BCUT2D eigenvalue weighted by Crippen LogP contribution is -2.53. The van der Waals surface area contributed by atoms with E-state index in [0.717, 1.165) is 49.5 Å². The van der Waals surface area contributed by atoms with E-state index < -0.39 is 0 Å². The third kappa shape index (κ3) is 6.04. The second-order valence-corrected chi connectivity index (χ2v) is 7.80. The Morgan fingerprint density at radius 2 is 2.04 bits per heavy atom. The summed E-state index contributed by atoms with van der Waals surface area (Å²) in [6, 6.07) is 0.500. The summed E-state index contributed by atoms with van der Waals surface area (Å²) in [6.07, 6.45) is 6.48. The average molecular weight is 520 g/mol. The number of nitrogens with zero attached hydrogens (tertiary/aromatic N) is 4. The van der Waals surface area contributed by atoms with Crippen molar-refractivity contribution in [2.24, 2.45) is 10.9 Å². The van der Waals surface area contributed by atoms with Crippen LogP contribution in [-0.4, -0.2) is 66.2 Å². The zero-order valence-electron chi connectivity index (χ0n) is 17.1. The maximum absolute atomic E-state index is 5.54. The molecular formula is C19H33IN6OS. The highest BCUT2D eigenvalue weighted by Crippen LogP contribution is 2.19. The summed E-state index contributed by atoms with van der Waals surface area (Å²) in [5, 5.41) is 8.98. The van der Waals surface area contributed by atoms with Gasteiger partial charge in [0.25, 0.3) is 0 Å². The number of imidazole rings is 1. The Bertz CT molecular complexity index is 694. The van der Waals surface area contributed by atoms with Crippen molar-refractivity contribution in [1.82, 2.24) is 24.9 Å². The standard InChI is InChI=1S/C19H32N6OS.HI/c1-4-15(5-2)17(24-6-9-26-10-7-24)13-22-18(20-3)21-12-16-14-25-8-11-27-19(25)23-16;/h8,11,14-15,17H,4-7,9-10,12-13H2,1-3H3,(H2,20,21,22);1H. The molecule has 1 saturated heterocycles. The van der Waals surface area contributed by atoms with E-state index in [4.69, 9.17) is 4.74 Å². The van der Waals surface area contributed by atoms with Crippen molar-refractivity contribution in [2.75, 3.05) is 39.9 Å². The third-order valence-electron chi connectivity index (χ3n) is 5.39.